The van der Waals surface area contributed by atoms with Crippen LogP contribution in [-0.4, -0.2) is 5.97 Å². The molecule has 0 aliphatic carbocycles. The zero-order chi connectivity index (χ0) is 9.68. The Kier molecular flexibility index (Phi) is 3.20. The quantitative estimate of drug-likeness (QED) is 0.699. The van der Waals surface area contributed by atoms with E-state index in [9.17, 15) is 9.32 Å². The highest BCUT2D eigenvalue weighted by atomic mass is 19.3. The number of halogens is 1. The first kappa shape index (κ1) is 9.45. The summed E-state index contributed by atoms with van der Waals surface area (Å²) < 4.78 is 11.5. The lowest BCUT2D eigenvalue weighted by molar-refractivity contribution is -0.0788. The predicted molar refractivity (Wildman–Crippen MR) is 47.7 cm³/mol. The molecule has 0 amide bonds. The standard InChI is InChI=1S/C10H9FO2/c1-2-3-8-4-6-9(7-5-8)10(12)13-11/h2-7H,1H3. The Bertz CT molecular complexity index is 314. The van der Waals surface area contributed by atoms with Crippen LogP contribution in [-0.2, 0) is 4.94 Å². The fourth-order valence-electron chi connectivity index (χ4n) is 0.967. The molecule has 0 radical (unpaired) electrons. The van der Waals surface area contributed by atoms with E-state index in [1.807, 2.05) is 19.1 Å². The molecule has 1 aromatic rings. The number of hydrogen-bond donors (Lipinski definition) is 0. The monoisotopic (exact) mass is 180 g/mol. The Balaban J connectivity index is 2.87. The Morgan fingerprint density at radius 2 is 2.00 bits per heavy atom. The number of carbonyl (C=O) groups is 1. The fraction of sp³-hybridized carbons (Fsp3) is 0.100. The summed E-state index contributed by atoms with van der Waals surface area (Å²) in [5, 5.41) is 0. The third-order valence-electron chi connectivity index (χ3n) is 1.58. The molecule has 13 heavy (non-hydrogen) atoms. The molecule has 0 aliphatic heterocycles. The number of rotatable bonds is 2. The lowest BCUT2D eigenvalue weighted by Gasteiger charge is -1.95. The van der Waals surface area contributed by atoms with Crippen molar-refractivity contribution in [3.63, 3.8) is 0 Å². The van der Waals surface area contributed by atoms with Gasteiger partial charge in [-0.15, -0.1) is 0 Å². The highest BCUT2D eigenvalue weighted by Gasteiger charge is 2.05. The minimum atomic E-state index is -0.966. The van der Waals surface area contributed by atoms with Crippen molar-refractivity contribution < 1.29 is 14.3 Å². The van der Waals surface area contributed by atoms with E-state index in [0.29, 0.717) is 0 Å². The smallest absolute Gasteiger partial charge is 0.249 e. The first-order chi connectivity index (χ1) is 6.27. The maximum Gasteiger partial charge on any atom is 0.379 e. The summed E-state index contributed by atoms with van der Waals surface area (Å²) in [5.41, 5.74) is 1.16. The van der Waals surface area contributed by atoms with E-state index >= 15 is 0 Å². The van der Waals surface area contributed by atoms with Crippen molar-refractivity contribution in [3.8, 4) is 0 Å². The zero-order valence-electron chi connectivity index (χ0n) is 7.16. The van der Waals surface area contributed by atoms with Gasteiger partial charge in [-0.25, -0.2) is 9.74 Å². The minimum Gasteiger partial charge on any atom is -0.249 e. The molecule has 3 heteroatoms. The molecule has 0 fully saturated rings. The maximum absolute atomic E-state index is 11.5. The summed E-state index contributed by atoms with van der Waals surface area (Å²) in [4.78, 5) is 13.7. The normalized spacial score (nSPS) is 10.3. The van der Waals surface area contributed by atoms with Crippen LogP contribution in [0.4, 0.5) is 4.53 Å². The summed E-state index contributed by atoms with van der Waals surface area (Å²) in [6, 6.07) is 6.45. The van der Waals surface area contributed by atoms with Crippen molar-refractivity contribution >= 4 is 12.0 Å². The molecule has 0 bridgehead atoms. The van der Waals surface area contributed by atoms with E-state index in [1.54, 1.807) is 12.1 Å². The molecule has 0 saturated heterocycles. The van der Waals surface area contributed by atoms with Crippen molar-refractivity contribution in [3.05, 3.63) is 41.5 Å². The molecule has 0 saturated carbocycles. The van der Waals surface area contributed by atoms with Gasteiger partial charge in [-0.2, -0.15) is 0 Å². The van der Waals surface area contributed by atoms with Crippen LogP contribution in [0.25, 0.3) is 6.08 Å². The summed E-state index contributed by atoms with van der Waals surface area (Å²) >= 11 is 0. The van der Waals surface area contributed by atoms with Crippen molar-refractivity contribution in [2.45, 2.75) is 6.92 Å². The maximum atomic E-state index is 11.5. The molecule has 0 aromatic heterocycles. The number of benzene rings is 1. The zero-order valence-corrected chi connectivity index (χ0v) is 7.16. The molecule has 2 nitrogen and oxygen atoms in total. The van der Waals surface area contributed by atoms with Gasteiger partial charge in [0, 0.05) is 4.53 Å². The van der Waals surface area contributed by atoms with Crippen LogP contribution in [0.2, 0.25) is 0 Å². The predicted octanol–water partition coefficient (Wildman–Crippen LogP) is 2.76. The highest BCUT2D eigenvalue weighted by molar-refractivity contribution is 5.89. The van der Waals surface area contributed by atoms with Crippen molar-refractivity contribution in [2.75, 3.05) is 0 Å². The van der Waals surface area contributed by atoms with Crippen LogP contribution < -0.4 is 0 Å². The van der Waals surface area contributed by atoms with Crippen molar-refractivity contribution in [1.29, 1.82) is 0 Å². The molecular formula is C10H9FO2. The van der Waals surface area contributed by atoms with Crippen LogP contribution in [0.15, 0.2) is 30.3 Å². The van der Waals surface area contributed by atoms with Gasteiger partial charge in [0.25, 0.3) is 0 Å². The minimum absolute atomic E-state index is 0.204. The Morgan fingerprint density at radius 1 is 1.38 bits per heavy atom. The second-order valence-electron chi connectivity index (χ2n) is 2.49. The van der Waals surface area contributed by atoms with Gasteiger partial charge in [-0.3, -0.25) is 0 Å². The van der Waals surface area contributed by atoms with Gasteiger partial charge in [0.15, 0.2) is 0 Å². The first-order valence-electron chi connectivity index (χ1n) is 3.83. The molecule has 0 atom stereocenters. The van der Waals surface area contributed by atoms with Gasteiger partial charge >= 0.3 is 5.97 Å². The molecule has 0 unspecified atom stereocenters. The van der Waals surface area contributed by atoms with Crippen LogP contribution in [0.1, 0.15) is 22.8 Å². The Labute approximate surface area is 75.5 Å². The van der Waals surface area contributed by atoms with Gasteiger partial charge in [0.1, 0.15) is 0 Å². The summed E-state index contributed by atoms with van der Waals surface area (Å²) in [7, 11) is 0. The molecular weight excluding hydrogens is 171 g/mol. The summed E-state index contributed by atoms with van der Waals surface area (Å²) in [6.45, 7) is 1.89. The molecule has 0 N–H and O–H groups in total. The lowest BCUT2D eigenvalue weighted by atomic mass is 10.1. The Hall–Kier alpha value is -1.64. The van der Waals surface area contributed by atoms with E-state index < -0.39 is 5.97 Å². The third-order valence-corrected chi connectivity index (χ3v) is 1.58. The highest BCUT2D eigenvalue weighted by Crippen LogP contribution is 2.07. The SMILES string of the molecule is CC=Cc1ccc(C(=O)OF)cc1. The average molecular weight is 180 g/mol. The molecule has 0 heterocycles. The number of allylic oxidation sites excluding steroid dienone is 1. The second kappa shape index (κ2) is 4.40. The number of carbonyl (C=O) groups excluding carboxylic acids is 1. The van der Waals surface area contributed by atoms with Gasteiger partial charge in [0.2, 0.25) is 0 Å². The topological polar surface area (TPSA) is 26.3 Å². The third kappa shape index (κ3) is 2.40. The van der Waals surface area contributed by atoms with Crippen LogP contribution >= 0.6 is 0 Å². The van der Waals surface area contributed by atoms with Crippen molar-refractivity contribution in [2.24, 2.45) is 0 Å². The van der Waals surface area contributed by atoms with E-state index in [0.717, 1.165) is 5.56 Å². The molecule has 68 valence electrons. The van der Waals surface area contributed by atoms with E-state index in [-0.39, 0.29) is 5.56 Å². The lowest BCUT2D eigenvalue weighted by Crippen LogP contribution is -1.97. The van der Waals surface area contributed by atoms with Gasteiger partial charge in [-0.1, -0.05) is 24.3 Å². The van der Waals surface area contributed by atoms with Crippen LogP contribution in [0.5, 0.6) is 0 Å². The summed E-state index contributed by atoms with van der Waals surface area (Å²) in [5.74, 6) is -0.966. The number of hydrogen-bond acceptors (Lipinski definition) is 2. The molecule has 1 rings (SSSR count). The average Bonchev–Trinajstić information content (AvgIpc) is 2.18. The van der Waals surface area contributed by atoms with E-state index in [2.05, 4.69) is 4.94 Å². The van der Waals surface area contributed by atoms with Crippen molar-refractivity contribution in [1.82, 2.24) is 0 Å². The fourth-order valence-corrected chi connectivity index (χ4v) is 0.967. The Morgan fingerprint density at radius 3 is 2.46 bits per heavy atom. The van der Waals surface area contributed by atoms with E-state index in [4.69, 9.17) is 0 Å². The van der Waals surface area contributed by atoms with Gasteiger partial charge < -0.3 is 0 Å². The van der Waals surface area contributed by atoms with E-state index in [1.165, 1.54) is 12.1 Å². The summed E-state index contributed by atoms with van der Waals surface area (Å²) in [6.07, 6.45) is 3.76. The molecule has 1 aromatic carbocycles. The second-order valence-corrected chi connectivity index (χ2v) is 2.49. The first-order valence-corrected chi connectivity index (χ1v) is 3.83. The largest absolute Gasteiger partial charge is 0.379 e. The van der Waals surface area contributed by atoms with Crippen LogP contribution in [0, 0.1) is 0 Å². The van der Waals surface area contributed by atoms with Gasteiger partial charge in [-0.05, 0) is 24.6 Å². The van der Waals surface area contributed by atoms with Crippen LogP contribution in [0.3, 0.4) is 0 Å². The molecule has 0 spiro atoms. The van der Waals surface area contributed by atoms with Gasteiger partial charge in [0.05, 0.1) is 5.56 Å². The molecule has 0 aliphatic rings.